The third-order valence-electron chi connectivity index (χ3n) is 3.15. The van der Waals surface area contributed by atoms with Crippen LogP contribution in [0.2, 0.25) is 10.0 Å². The summed E-state index contributed by atoms with van der Waals surface area (Å²) in [6.45, 7) is 1.39. The summed E-state index contributed by atoms with van der Waals surface area (Å²) >= 11 is 20.7. The van der Waals surface area contributed by atoms with Gasteiger partial charge in [-0.25, -0.2) is 8.42 Å². The zero-order valence-electron chi connectivity index (χ0n) is 12.2. The minimum absolute atomic E-state index is 0.00608. The fourth-order valence-corrected chi connectivity index (χ4v) is 4.59. The van der Waals surface area contributed by atoms with E-state index >= 15 is 0 Å². The summed E-state index contributed by atoms with van der Waals surface area (Å²) in [6, 6.07) is 9.14. The predicted octanol–water partition coefficient (Wildman–Crippen LogP) is 5.11. The molecule has 0 amide bonds. The van der Waals surface area contributed by atoms with Gasteiger partial charge in [0.2, 0.25) is 5.24 Å². The van der Waals surface area contributed by atoms with Crippen LogP contribution >= 0.6 is 50.7 Å². The lowest BCUT2D eigenvalue weighted by Crippen LogP contribution is -2.42. The molecule has 1 unspecified atom stereocenters. The van der Waals surface area contributed by atoms with Crippen molar-refractivity contribution < 1.29 is 13.2 Å². The van der Waals surface area contributed by atoms with Gasteiger partial charge in [0.25, 0.3) is 10.0 Å². The van der Waals surface area contributed by atoms with Gasteiger partial charge in [-0.15, -0.1) is 0 Å². The van der Waals surface area contributed by atoms with Crippen LogP contribution in [-0.4, -0.2) is 19.7 Å². The second kappa shape index (κ2) is 7.62. The van der Waals surface area contributed by atoms with E-state index in [9.17, 15) is 13.2 Å². The standard InChI is InChI=1S/C15H11BrCl3NO3S/c1-9(15(19)21)20(13-7-11(17)6-12(18)8-13)24(22,23)14-4-2-10(16)3-5-14/h2-9H,1H3. The number of rotatable bonds is 5. The molecule has 0 bridgehead atoms. The molecule has 0 aliphatic carbocycles. The Morgan fingerprint density at radius 3 is 2.04 bits per heavy atom. The van der Waals surface area contributed by atoms with E-state index in [0.717, 1.165) is 8.78 Å². The number of nitrogens with zero attached hydrogens (tertiary/aromatic N) is 1. The number of anilines is 1. The van der Waals surface area contributed by atoms with Crippen molar-refractivity contribution in [2.75, 3.05) is 4.31 Å². The smallest absolute Gasteiger partial charge is 0.265 e. The molecule has 0 radical (unpaired) electrons. The number of sulfonamides is 1. The normalized spacial score (nSPS) is 12.7. The van der Waals surface area contributed by atoms with Crippen molar-refractivity contribution in [3.63, 3.8) is 0 Å². The molecule has 24 heavy (non-hydrogen) atoms. The van der Waals surface area contributed by atoms with E-state index in [0.29, 0.717) is 0 Å². The third kappa shape index (κ3) is 4.24. The average molecular weight is 472 g/mol. The van der Waals surface area contributed by atoms with Crippen molar-refractivity contribution in [2.24, 2.45) is 0 Å². The van der Waals surface area contributed by atoms with E-state index in [2.05, 4.69) is 15.9 Å². The quantitative estimate of drug-likeness (QED) is 0.570. The minimum Gasteiger partial charge on any atom is -0.279 e. The number of carbonyl (C=O) groups is 1. The molecule has 9 heteroatoms. The Morgan fingerprint density at radius 1 is 1.08 bits per heavy atom. The van der Waals surface area contributed by atoms with Gasteiger partial charge in [0, 0.05) is 14.5 Å². The van der Waals surface area contributed by atoms with Crippen LogP contribution in [0.15, 0.2) is 51.8 Å². The molecule has 0 aliphatic rings. The van der Waals surface area contributed by atoms with Gasteiger partial charge in [0.15, 0.2) is 0 Å². The van der Waals surface area contributed by atoms with Gasteiger partial charge in [-0.1, -0.05) is 39.1 Å². The first-order chi connectivity index (χ1) is 11.1. The second-order valence-electron chi connectivity index (χ2n) is 4.86. The fraction of sp³-hybridized carbons (Fsp3) is 0.133. The molecular weight excluding hydrogens is 460 g/mol. The van der Waals surface area contributed by atoms with E-state index in [1.54, 1.807) is 12.1 Å². The van der Waals surface area contributed by atoms with Crippen LogP contribution in [0, 0.1) is 0 Å². The first kappa shape index (κ1) is 19.5. The summed E-state index contributed by atoms with van der Waals surface area (Å²) in [5.41, 5.74) is 0.150. The molecule has 0 N–H and O–H groups in total. The van der Waals surface area contributed by atoms with E-state index in [4.69, 9.17) is 34.8 Å². The lowest BCUT2D eigenvalue weighted by Gasteiger charge is -2.28. The van der Waals surface area contributed by atoms with Crippen molar-refractivity contribution in [3.8, 4) is 0 Å². The largest absolute Gasteiger partial charge is 0.279 e. The Hall–Kier alpha value is -0.790. The number of hydrogen-bond acceptors (Lipinski definition) is 3. The summed E-state index contributed by atoms with van der Waals surface area (Å²) in [7, 11) is -4.06. The van der Waals surface area contributed by atoms with Gasteiger partial charge in [0.1, 0.15) is 6.04 Å². The van der Waals surface area contributed by atoms with Crippen molar-refractivity contribution in [3.05, 3.63) is 57.0 Å². The van der Waals surface area contributed by atoms with Gasteiger partial charge < -0.3 is 0 Å². The van der Waals surface area contributed by atoms with Gasteiger partial charge in [-0.2, -0.15) is 0 Å². The highest BCUT2D eigenvalue weighted by atomic mass is 79.9. The van der Waals surface area contributed by atoms with Crippen LogP contribution in [0.5, 0.6) is 0 Å². The molecule has 0 spiro atoms. The van der Waals surface area contributed by atoms with E-state index in [1.807, 2.05) is 0 Å². The third-order valence-corrected chi connectivity index (χ3v) is 6.35. The topological polar surface area (TPSA) is 54.5 Å². The maximum absolute atomic E-state index is 13.0. The molecule has 0 heterocycles. The molecule has 0 aliphatic heterocycles. The maximum Gasteiger partial charge on any atom is 0.265 e. The Labute approximate surface area is 163 Å². The highest BCUT2D eigenvalue weighted by Gasteiger charge is 2.33. The summed E-state index contributed by atoms with van der Waals surface area (Å²) < 4.78 is 27.7. The maximum atomic E-state index is 13.0. The fourth-order valence-electron chi connectivity index (χ4n) is 2.05. The molecule has 0 saturated carbocycles. The van der Waals surface area contributed by atoms with Gasteiger partial charge in [-0.3, -0.25) is 9.10 Å². The number of halogens is 4. The second-order valence-corrected chi connectivity index (χ2v) is 8.84. The number of carbonyl (C=O) groups excluding carboxylic acids is 1. The Bertz CT molecular complexity index is 852. The first-order valence-corrected chi connectivity index (χ1v) is 9.95. The van der Waals surface area contributed by atoms with E-state index in [1.165, 1.54) is 37.3 Å². The average Bonchev–Trinajstić information content (AvgIpc) is 2.46. The molecule has 2 aromatic rings. The van der Waals surface area contributed by atoms with Crippen LogP contribution in [-0.2, 0) is 14.8 Å². The molecule has 0 fully saturated rings. The summed E-state index contributed by atoms with van der Waals surface area (Å²) in [5.74, 6) is 0. The minimum atomic E-state index is -4.06. The number of hydrogen-bond donors (Lipinski definition) is 0. The first-order valence-electron chi connectivity index (χ1n) is 6.58. The van der Waals surface area contributed by atoms with Crippen molar-refractivity contribution >= 4 is 71.7 Å². The molecule has 2 rings (SSSR count). The molecule has 0 aromatic heterocycles. The highest BCUT2D eigenvalue weighted by Crippen LogP contribution is 2.32. The lowest BCUT2D eigenvalue weighted by molar-refractivity contribution is -0.112. The highest BCUT2D eigenvalue weighted by molar-refractivity contribution is 9.10. The summed E-state index contributed by atoms with van der Waals surface area (Å²) in [4.78, 5) is 11.7. The summed E-state index contributed by atoms with van der Waals surface area (Å²) in [6.07, 6.45) is 0. The van der Waals surface area contributed by atoms with Crippen LogP contribution in [0.25, 0.3) is 0 Å². The van der Waals surface area contributed by atoms with Crippen LogP contribution in [0.3, 0.4) is 0 Å². The lowest BCUT2D eigenvalue weighted by atomic mass is 10.3. The number of benzene rings is 2. The van der Waals surface area contributed by atoms with Crippen molar-refractivity contribution in [2.45, 2.75) is 17.9 Å². The van der Waals surface area contributed by atoms with E-state index < -0.39 is 21.3 Å². The molecule has 4 nitrogen and oxygen atoms in total. The van der Waals surface area contributed by atoms with E-state index in [-0.39, 0.29) is 20.6 Å². The van der Waals surface area contributed by atoms with Crippen molar-refractivity contribution in [1.29, 1.82) is 0 Å². The Kier molecular flexibility index (Phi) is 6.20. The zero-order chi connectivity index (χ0) is 18.1. The van der Waals surface area contributed by atoms with Crippen LogP contribution in [0.4, 0.5) is 5.69 Å². The Balaban J connectivity index is 2.66. The Morgan fingerprint density at radius 2 is 1.58 bits per heavy atom. The van der Waals surface area contributed by atoms with Gasteiger partial charge in [-0.05, 0) is 61.0 Å². The molecular formula is C15H11BrCl3NO3S. The molecule has 0 saturated heterocycles. The molecule has 1 atom stereocenters. The van der Waals surface area contributed by atoms with Crippen LogP contribution < -0.4 is 4.31 Å². The van der Waals surface area contributed by atoms with Crippen molar-refractivity contribution in [1.82, 2.24) is 0 Å². The SMILES string of the molecule is CC(C(=O)Cl)N(c1cc(Cl)cc(Cl)c1)S(=O)(=O)c1ccc(Br)cc1. The molecule has 2 aromatic carbocycles. The van der Waals surface area contributed by atoms with Gasteiger partial charge >= 0.3 is 0 Å². The summed E-state index contributed by atoms with van der Waals surface area (Å²) in [5, 5.41) is -0.350. The predicted molar refractivity (Wildman–Crippen MR) is 101 cm³/mol. The zero-order valence-corrected chi connectivity index (χ0v) is 16.9. The molecule has 128 valence electrons. The van der Waals surface area contributed by atoms with Gasteiger partial charge in [0.05, 0.1) is 10.6 Å². The monoisotopic (exact) mass is 469 g/mol. The van der Waals surface area contributed by atoms with Crippen LogP contribution in [0.1, 0.15) is 6.92 Å².